The van der Waals surface area contributed by atoms with Gasteiger partial charge < -0.3 is 15.4 Å². The van der Waals surface area contributed by atoms with Crippen molar-refractivity contribution in [1.29, 1.82) is 0 Å². The van der Waals surface area contributed by atoms with Crippen LogP contribution in [0.2, 0.25) is 0 Å². The molecule has 0 bridgehead atoms. The van der Waals surface area contributed by atoms with Crippen molar-refractivity contribution in [2.75, 3.05) is 19.7 Å². The number of hydrogen-bond donors (Lipinski definition) is 2. The van der Waals surface area contributed by atoms with Gasteiger partial charge in [0.25, 0.3) is 0 Å². The number of aliphatic hydroxyl groups is 1. The Labute approximate surface area is 195 Å². The van der Waals surface area contributed by atoms with Gasteiger partial charge in [0.05, 0.1) is 29.6 Å². The normalized spacial score (nSPS) is 16.0. The Hall–Kier alpha value is -2.80. The van der Waals surface area contributed by atoms with Crippen LogP contribution in [0.3, 0.4) is 0 Å². The fourth-order valence-electron chi connectivity index (χ4n) is 5.46. The molecular formula is C27H33N5O. The third-order valence-electron chi connectivity index (χ3n) is 6.94. The molecular weight excluding hydrogens is 410 g/mol. The molecule has 172 valence electrons. The largest absolute Gasteiger partial charge is 0.395 e. The summed E-state index contributed by atoms with van der Waals surface area (Å²) in [4.78, 5) is 12.2. The third kappa shape index (κ3) is 4.26. The molecule has 0 unspecified atom stereocenters. The average molecular weight is 444 g/mol. The number of fused-ring (bicyclic) bond motifs is 4. The minimum Gasteiger partial charge on any atom is -0.395 e. The first-order valence-corrected chi connectivity index (χ1v) is 12.2. The first kappa shape index (κ1) is 22.0. The van der Waals surface area contributed by atoms with E-state index >= 15 is 0 Å². The molecule has 0 radical (unpaired) electrons. The van der Waals surface area contributed by atoms with Gasteiger partial charge in [0.1, 0.15) is 0 Å². The molecule has 0 aliphatic heterocycles. The molecule has 5 rings (SSSR count). The molecule has 0 spiro atoms. The van der Waals surface area contributed by atoms with Crippen molar-refractivity contribution in [3.8, 4) is 0 Å². The number of para-hydroxylation sites is 1. The Balaban J connectivity index is 1.58. The van der Waals surface area contributed by atoms with Gasteiger partial charge in [0, 0.05) is 41.8 Å². The van der Waals surface area contributed by atoms with E-state index in [1.54, 1.807) is 0 Å². The van der Waals surface area contributed by atoms with Crippen molar-refractivity contribution in [2.45, 2.75) is 51.2 Å². The lowest BCUT2D eigenvalue weighted by Gasteiger charge is -2.35. The predicted octanol–water partition coefficient (Wildman–Crippen LogP) is 4.20. The zero-order valence-electron chi connectivity index (χ0n) is 19.2. The molecule has 0 amide bonds. The maximum Gasteiger partial charge on any atom is 0.0787 e. The highest BCUT2D eigenvalue weighted by molar-refractivity contribution is 6.08. The van der Waals surface area contributed by atoms with E-state index in [2.05, 4.69) is 51.9 Å². The maximum absolute atomic E-state index is 9.81. The summed E-state index contributed by atoms with van der Waals surface area (Å²) in [6.07, 6.45) is 9.33. The van der Waals surface area contributed by atoms with Crippen molar-refractivity contribution in [3.63, 3.8) is 0 Å². The average Bonchev–Trinajstić information content (AvgIpc) is 3.18. The quantitative estimate of drug-likeness (QED) is 0.379. The van der Waals surface area contributed by atoms with E-state index in [0.717, 1.165) is 55.5 Å². The van der Waals surface area contributed by atoms with Gasteiger partial charge in [-0.25, -0.2) is 0 Å². The van der Waals surface area contributed by atoms with Crippen LogP contribution in [-0.2, 0) is 19.5 Å². The molecule has 6 nitrogen and oxygen atoms in total. The summed E-state index contributed by atoms with van der Waals surface area (Å²) in [7, 11) is 0. The molecule has 1 atom stereocenters. The Morgan fingerprint density at radius 3 is 2.82 bits per heavy atom. The standard InChI is InChI=1S/C27H33N5O/c28-13-3-4-16-31(25-11-5-7-20-8-6-14-30-26(20)25)19-23-27-22(12-15-29-23)21-9-1-2-10-24(21)32(27)17-18-33/h1-2,6,8-10,12,14-15,25,33H,3-5,7,11,13,16-19,28H2/t25-/m0/s1. The van der Waals surface area contributed by atoms with Crippen LogP contribution in [0.5, 0.6) is 0 Å². The Kier molecular flexibility index (Phi) is 6.67. The van der Waals surface area contributed by atoms with Crippen molar-refractivity contribution < 1.29 is 5.11 Å². The van der Waals surface area contributed by atoms with Crippen molar-refractivity contribution in [2.24, 2.45) is 5.73 Å². The molecule has 3 N–H and O–H groups in total. The molecule has 3 aromatic heterocycles. The second kappa shape index (κ2) is 10.00. The summed E-state index contributed by atoms with van der Waals surface area (Å²) in [6, 6.07) is 15.1. The molecule has 4 aromatic rings. The van der Waals surface area contributed by atoms with Crippen molar-refractivity contribution in [1.82, 2.24) is 19.4 Å². The Morgan fingerprint density at radius 1 is 1.03 bits per heavy atom. The summed E-state index contributed by atoms with van der Waals surface area (Å²) in [5.41, 5.74) is 11.8. The fraction of sp³-hybridized carbons (Fsp3) is 0.407. The van der Waals surface area contributed by atoms with Crippen LogP contribution in [-0.4, -0.2) is 44.2 Å². The maximum atomic E-state index is 9.81. The number of unbranched alkanes of at least 4 members (excludes halogenated alkanes) is 1. The van der Waals surface area contributed by atoms with Crippen LogP contribution < -0.4 is 5.73 Å². The first-order valence-electron chi connectivity index (χ1n) is 12.2. The highest BCUT2D eigenvalue weighted by Gasteiger charge is 2.28. The number of nitrogens with zero attached hydrogens (tertiary/aromatic N) is 4. The van der Waals surface area contributed by atoms with E-state index in [0.29, 0.717) is 19.1 Å². The van der Waals surface area contributed by atoms with Crippen LogP contribution in [0.25, 0.3) is 21.8 Å². The third-order valence-corrected chi connectivity index (χ3v) is 6.94. The van der Waals surface area contributed by atoms with E-state index in [-0.39, 0.29) is 6.61 Å². The Bertz CT molecular complexity index is 1230. The van der Waals surface area contributed by atoms with Gasteiger partial charge in [-0.2, -0.15) is 0 Å². The summed E-state index contributed by atoms with van der Waals surface area (Å²) >= 11 is 0. The zero-order chi connectivity index (χ0) is 22.6. The summed E-state index contributed by atoms with van der Waals surface area (Å²) in [6.45, 7) is 3.10. The highest BCUT2D eigenvalue weighted by atomic mass is 16.3. The van der Waals surface area contributed by atoms with Gasteiger partial charge >= 0.3 is 0 Å². The predicted molar refractivity (Wildman–Crippen MR) is 133 cm³/mol. The van der Waals surface area contributed by atoms with Crippen molar-refractivity contribution >= 4 is 21.8 Å². The number of pyridine rings is 2. The van der Waals surface area contributed by atoms with E-state index in [1.807, 2.05) is 12.4 Å². The van der Waals surface area contributed by atoms with E-state index in [4.69, 9.17) is 15.7 Å². The first-order chi connectivity index (χ1) is 16.3. The zero-order valence-corrected chi connectivity index (χ0v) is 19.2. The lowest BCUT2D eigenvalue weighted by atomic mass is 9.90. The van der Waals surface area contributed by atoms with E-state index in [9.17, 15) is 5.11 Å². The second-order valence-corrected chi connectivity index (χ2v) is 8.97. The molecule has 3 heterocycles. The smallest absolute Gasteiger partial charge is 0.0787 e. The lowest BCUT2D eigenvalue weighted by Crippen LogP contribution is -2.33. The van der Waals surface area contributed by atoms with Gasteiger partial charge in [0.15, 0.2) is 0 Å². The minimum absolute atomic E-state index is 0.0994. The van der Waals surface area contributed by atoms with Crippen LogP contribution in [0.1, 0.15) is 48.7 Å². The number of benzene rings is 1. The number of hydrogen-bond acceptors (Lipinski definition) is 5. The Morgan fingerprint density at radius 2 is 1.94 bits per heavy atom. The van der Waals surface area contributed by atoms with Crippen LogP contribution in [0.15, 0.2) is 54.9 Å². The number of rotatable bonds is 9. The summed E-state index contributed by atoms with van der Waals surface area (Å²) < 4.78 is 2.23. The number of aliphatic hydroxyl groups excluding tert-OH is 1. The van der Waals surface area contributed by atoms with Gasteiger partial charge in [0.2, 0.25) is 0 Å². The molecule has 0 fully saturated rings. The minimum atomic E-state index is 0.0994. The van der Waals surface area contributed by atoms with E-state index in [1.165, 1.54) is 28.5 Å². The molecule has 33 heavy (non-hydrogen) atoms. The van der Waals surface area contributed by atoms with Crippen LogP contribution >= 0.6 is 0 Å². The SMILES string of the molecule is NCCCCN(Cc1nccc2c3ccccc3n(CCO)c12)[C@H]1CCCc2cccnc21. The van der Waals surface area contributed by atoms with Gasteiger partial charge in [-0.05, 0) is 69.0 Å². The van der Waals surface area contributed by atoms with Gasteiger partial charge in [-0.1, -0.05) is 24.3 Å². The number of nitrogens with two attached hydrogens (primary N) is 1. The molecule has 1 aromatic carbocycles. The fourth-order valence-corrected chi connectivity index (χ4v) is 5.46. The second-order valence-electron chi connectivity index (χ2n) is 8.97. The molecule has 0 saturated carbocycles. The lowest BCUT2D eigenvalue weighted by molar-refractivity contribution is 0.161. The van der Waals surface area contributed by atoms with Gasteiger partial charge in [-0.3, -0.25) is 14.9 Å². The van der Waals surface area contributed by atoms with E-state index < -0.39 is 0 Å². The summed E-state index contributed by atoms with van der Waals surface area (Å²) in [5, 5.41) is 12.2. The van der Waals surface area contributed by atoms with Crippen LogP contribution in [0, 0.1) is 0 Å². The molecule has 0 saturated heterocycles. The monoisotopic (exact) mass is 443 g/mol. The summed E-state index contributed by atoms with van der Waals surface area (Å²) in [5.74, 6) is 0. The molecule has 1 aliphatic rings. The molecule has 6 heteroatoms. The number of aromatic nitrogens is 3. The number of aryl methyl sites for hydroxylation is 1. The van der Waals surface area contributed by atoms with Crippen LogP contribution in [0.4, 0.5) is 0 Å². The van der Waals surface area contributed by atoms with Gasteiger partial charge in [-0.15, -0.1) is 0 Å². The van der Waals surface area contributed by atoms with Crippen molar-refractivity contribution in [3.05, 3.63) is 71.8 Å². The molecule has 1 aliphatic carbocycles. The highest BCUT2D eigenvalue weighted by Crippen LogP contribution is 2.36. The topological polar surface area (TPSA) is 80.2 Å².